The quantitative estimate of drug-likeness (QED) is 0.556. The number of hydrogen-bond acceptors (Lipinski definition) is 2. The summed E-state index contributed by atoms with van der Waals surface area (Å²) in [5.41, 5.74) is 0. The normalized spacial score (nSPS) is 11.9. The molecule has 1 rings (SSSR count). The molecule has 1 heterocycles. The molecule has 86 valence electrons. The van der Waals surface area contributed by atoms with E-state index >= 15 is 0 Å². The third-order valence-electron chi connectivity index (χ3n) is 2.13. The monoisotopic (exact) mass is 233 g/mol. The van der Waals surface area contributed by atoms with Crippen LogP contribution in [0.4, 0.5) is 0 Å². The van der Waals surface area contributed by atoms with Crippen LogP contribution >= 0.6 is 0 Å². The summed E-state index contributed by atoms with van der Waals surface area (Å²) in [5.74, 6) is 0.818. The Morgan fingerprint density at radius 3 is 2.87 bits per heavy atom. The SMILES string of the molecule is CCC[n+]1cc[nH]c1CCCS(=O)(=O)O. The fraction of sp³-hybridized carbons (Fsp3) is 0.667. The Morgan fingerprint density at radius 2 is 2.27 bits per heavy atom. The Bertz CT molecular complexity index is 397. The lowest BCUT2D eigenvalue weighted by Gasteiger charge is -1.98. The van der Waals surface area contributed by atoms with E-state index in [1.807, 2.05) is 12.4 Å². The highest BCUT2D eigenvalue weighted by atomic mass is 32.2. The molecule has 1 aromatic heterocycles. The van der Waals surface area contributed by atoms with Crippen LogP contribution in [0.25, 0.3) is 0 Å². The van der Waals surface area contributed by atoms with Gasteiger partial charge in [-0.3, -0.25) is 4.55 Å². The maximum absolute atomic E-state index is 10.5. The Labute approximate surface area is 89.9 Å². The van der Waals surface area contributed by atoms with Gasteiger partial charge in [0.2, 0.25) is 0 Å². The molecule has 5 nitrogen and oxygen atoms in total. The van der Waals surface area contributed by atoms with Gasteiger partial charge in [0.15, 0.2) is 0 Å². The van der Waals surface area contributed by atoms with Crippen molar-refractivity contribution in [3.63, 3.8) is 0 Å². The zero-order valence-corrected chi connectivity index (χ0v) is 9.63. The van der Waals surface area contributed by atoms with Gasteiger partial charge in [0, 0.05) is 0 Å². The van der Waals surface area contributed by atoms with Crippen LogP contribution in [-0.4, -0.2) is 23.7 Å². The van der Waals surface area contributed by atoms with Crippen molar-refractivity contribution in [2.24, 2.45) is 0 Å². The van der Waals surface area contributed by atoms with E-state index in [1.165, 1.54) is 0 Å². The number of rotatable bonds is 6. The minimum atomic E-state index is -3.83. The highest BCUT2D eigenvalue weighted by Gasteiger charge is 2.11. The van der Waals surface area contributed by atoms with Crippen LogP contribution < -0.4 is 4.57 Å². The van der Waals surface area contributed by atoms with Crippen molar-refractivity contribution < 1.29 is 17.5 Å². The van der Waals surface area contributed by atoms with E-state index in [9.17, 15) is 8.42 Å². The maximum atomic E-state index is 10.5. The minimum absolute atomic E-state index is 0.182. The average Bonchev–Trinajstić information content (AvgIpc) is 2.51. The summed E-state index contributed by atoms with van der Waals surface area (Å²) in [7, 11) is -3.83. The lowest BCUT2D eigenvalue weighted by atomic mass is 10.3. The van der Waals surface area contributed by atoms with Gasteiger partial charge in [-0.2, -0.15) is 8.42 Å². The van der Waals surface area contributed by atoms with Crippen LogP contribution in [0.1, 0.15) is 25.6 Å². The first-order valence-corrected chi connectivity index (χ1v) is 6.64. The molecule has 0 aliphatic rings. The number of aryl methyl sites for hydroxylation is 2. The number of nitrogens with zero attached hydrogens (tertiary/aromatic N) is 1. The molecule has 0 spiro atoms. The number of aromatic nitrogens is 2. The minimum Gasteiger partial charge on any atom is -0.286 e. The third kappa shape index (κ3) is 4.44. The summed E-state index contributed by atoms with van der Waals surface area (Å²) < 4.78 is 31.7. The molecule has 0 saturated heterocycles. The first kappa shape index (κ1) is 12.2. The van der Waals surface area contributed by atoms with Gasteiger partial charge in [-0.15, -0.1) is 0 Å². The largest absolute Gasteiger partial charge is 0.286 e. The summed E-state index contributed by atoms with van der Waals surface area (Å²) in [6, 6.07) is 0. The molecule has 0 aliphatic carbocycles. The first-order chi connectivity index (χ1) is 7.03. The van der Waals surface area contributed by atoms with E-state index in [-0.39, 0.29) is 5.75 Å². The van der Waals surface area contributed by atoms with E-state index in [0.717, 1.165) is 18.8 Å². The predicted molar refractivity (Wildman–Crippen MR) is 56.0 cm³/mol. The summed E-state index contributed by atoms with van der Waals surface area (Å²) in [6.07, 6.45) is 5.87. The van der Waals surface area contributed by atoms with Crippen molar-refractivity contribution in [1.82, 2.24) is 4.98 Å². The number of aromatic amines is 1. The summed E-state index contributed by atoms with van der Waals surface area (Å²) >= 11 is 0. The van der Waals surface area contributed by atoms with Crippen molar-refractivity contribution in [1.29, 1.82) is 0 Å². The second-order valence-corrected chi connectivity index (χ2v) is 5.06. The lowest BCUT2D eigenvalue weighted by molar-refractivity contribution is -0.702. The number of nitrogens with one attached hydrogen (secondary N) is 1. The highest BCUT2D eigenvalue weighted by molar-refractivity contribution is 7.85. The number of hydrogen-bond donors (Lipinski definition) is 2. The van der Waals surface area contributed by atoms with Crippen molar-refractivity contribution in [2.45, 2.75) is 32.7 Å². The van der Waals surface area contributed by atoms with Crippen molar-refractivity contribution in [3.05, 3.63) is 18.2 Å². The summed E-state index contributed by atoms with van der Waals surface area (Å²) in [5, 5.41) is 0. The second-order valence-electron chi connectivity index (χ2n) is 3.49. The molecular formula is C9H17N2O3S+. The maximum Gasteiger partial charge on any atom is 0.264 e. The fourth-order valence-corrected chi connectivity index (χ4v) is 1.99. The van der Waals surface area contributed by atoms with Crippen molar-refractivity contribution >= 4 is 10.1 Å². The topological polar surface area (TPSA) is 74.0 Å². The van der Waals surface area contributed by atoms with Gasteiger partial charge in [0.1, 0.15) is 12.4 Å². The molecular weight excluding hydrogens is 216 g/mol. The van der Waals surface area contributed by atoms with Gasteiger partial charge in [-0.05, 0) is 12.8 Å². The predicted octanol–water partition coefficient (Wildman–Crippen LogP) is 0.533. The average molecular weight is 233 g/mol. The first-order valence-electron chi connectivity index (χ1n) is 5.04. The molecule has 0 fully saturated rings. The molecule has 0 radical (unpaired) electrons. The lowest BCUT2D eigenvalue weighted by Crippen LogP contribution is -2.35. The zero-order valence-electron chi connectivity index (χ0n) is 8.81. The molecule has 0 unspecified atom stereocenters. The molecule has 0 atom stereocenters. The zero-order chi connectivity index (χ0) is 11.3. The van der Waals surface area contributed by atoms with Crippen LogP contribution in [0.3, 0.4) is 0 Å². The van der Waals surface area contributed by atoms with E-state index in [2.05, 4.69) is 16.5 Å². The van der Waals surface area contributed by atoms with Crippen LogP contribution in [0.2, 0.25) is 0 Å². The van der Waals surface area contributed by atoms with E-state index < -0.39 is 10.1 Å². The van der Waals surface area contributed by atoms with Gasteiger partial charge in [-0.1, -0.05) is 6.92 Å². The van der Waals surface area contributed by atoms with Gasteiger partial charge in [0.25, 0.3) is 15.9 Å². The molecule has 0 amide bonds. The molecule has 0 aliphatic heterocycles. The second kappa shape index (κ2) is 5.27. The summed E-state index contributed by atoms with van der Waals surface area (Å²) in [4.78, 5) is 3.06. The highest BCUT2D eigenvalue weighted by Crippen LogP contribution is 1.97. The molecule has 0 aromatic carbocycles. The third-order valence-corrected chi connectivity index (χ3v) is 2.94. The molecule has 1 aromatic rings. The Morgan fingerprint density at radius 1 is 1.53 bits per heavy atom. The molecule has 2 N–H and O–H groups in total. The van der Waals surface area contributed by atoms with Crippen molar-refractivity contribution in [2.75, 3.05) is 5.75 Å². The van der Waals surface area contributed by atoms with Crippen LogP contribution in [-0.2, 0) is 23.1 Å². The Balaban J connectivity index is 2.47. The Hall–Kier alpha value is -0.880. The van der Waals surface area contributed by atoms with Gasteiger partial charge < -0.3 is 0 Å². The molecule has 15 heavy (non-hydrogen) atoms. The van der Waals surface area contributed by atoms with Gasteiger partial charge in [-0.25, -0.2) is 9.55 Å². The molecule has 0 saturated carbocycles. The van der Waals surface area contributed by atoms with E-state index in [0.29, 0.717) is 12.8 Å². The van der Waals surface area contributed by atoms with Crippen LogP contribution in [0, 0.1) is 0 Å². The Kier molecular flexibility index (Phi) is 4.28. The standard InChI is InChI=1S/C9H16N2O3S/c1-2-6-11-7-5-10-9(11)4-3-8-15(12,13)14/h5,7H,2-4,6,8H2,1H3,(H,12,13,14)/p+1. The smallest absolute Gasteiger partial charge is 0.264 e. The molecule has 6 heteroatoms. The van der Waals surface area contributed by atoms with Crippen LogP contribution in [0.5, 0.6) is 0 Å². The van der Waals surface area contributed by atoms with Crippen LogP contribution in [0.15, 0.2) is 12.4 Å². The number of imidazole rings is 1. The fourth-order valence-electron chi connectivity index (χ4n) is 1.48. The van der Waals surface area contributed by atoms with Gasteiger partial charge in [0.05, 0.1) is 18.7 Å². The number of H-pyrrole nitrogens is 1. The summed E-state index contributed by atoms with van der Waals surface area (Å²) in [6.45, 7) is 3.01. The van der Waals surface area contributed by atoms with Gasteiger partial charge >= 0.3 is 0 Å². The van der Waals surface area contributed by atoms with Crippen molar-refractivity contribution in [3.8, 4) is 0 Å². The molecule has 0 bridgehead atoms. The van der Waals surface area contributed by atoms with E-state index in [1.54, 1.807) is 0 Å². The van der Waals surface area contributed by atoms with E-state index in [4.69, 9.17) is 4.55 Å².